The van der Waals surface area contributed by atoms with Crippen molar-refractivity contribution in [3.63, 3.8) is 0 Å². The van der Waals surface area contributed by atoms with E-state index in [1.165, 1.54) is 0 Å². The molecule has 0 unspecified atom stereocenters. The molecular formula is C25H26BrN5O2. The van der Waals surface area contributed by atoms with Crippen molar-refractivity contribution in [2.75, 3.05) is 20.1 Å². The Morgan fingerprint density at radius 3 is 2.42 bits per heavy atom. The van der Waals surface area contributed by atoms with E-state index in [0.717, 1.165) is 10.2 Å². The minimum absolute atomic E-state index is 0.128. The number of halogens is 1. The number of amides is 1. The summed E-state index contributed by atoms with van der Waals surface area (Å²) >= 11 is 3.45. The Bertz CT molecular complexity index is 1140. The highest BCUT2D eigenvalue weighted by atomic mass is 79.9. The van der Waals surface area contributed by atoms with E-state index in [1.54, 1.807) is 55.7 Å². The number of phenols is 1. The molecule has 0 fully saturated rings. The van der Waals surface area contributed by atoms with Gasteiger partial charge in [-0.1, -0.05) is 12.1 Å². The predicted molar refractivity (Wildman–Crippen MR) is 136 cm³/mol. The van der Waals surface area contributed by atoms with Gasteiger partial charge in [-0.15, -0.1) is 0 Å². The lowest BCUT2D eigenvalue weighted by atomic mass is 10.1. The average Bonchev–Trinajstić information content (AvgIpc) is 2.81. The molecule has 0 aliphatic carbocycles. The minimum Gasteiger partial charge on any atom is -0.507 e. The molecule has 3 N–H and O–H groups in total. The van der Waals surface area contributed by atoms with Gasteiger partial charge >= 0.3 is 0 Å². The molecule has 0 aliphatic rings. The van der Waals surface area contributed by atoms with Crippen molar-refractivity contribution in [2.45, 2.75) is 13.8 Å². The number of hydrogen-bond donors (Lipinski definition) is 3. The van der Waals surface area contributed by atoms with Crippen LogP contribution in [0.15, 0.2) is 80.5 Å². The SMILES string of the molecule is CN=C/C(Br)=C(C)/N=C(\C=C(/C)NCCNC(=O)c1ccc(C#N)cc1)c1ccccc1O. The number of nitrogens with zero attached hydrogens (tertiary/aromatic N) is 3. The van der Waals surface area contributed by atoms with Gasteiger partial charge in [0.15, 0.2) is 0 Å². The van der Waals surface area contributed by atoms with E-state index in [4.69, 9.17) is 5.26 Å². The summed E-state index contributed by atoms with van der Waals surface area (Å²) in [4.78, 5) is 20.9. The molecular weight excluding hydrogens is 482 g/mol. The van der Waals surface area contributed by atoms with Crippen molar-refractivity contribution in [3.8, 4) is 11.8 Å². The van der Waals surface area contributed by atoms with Gasteiger partial charge in [0.1, 0.15) is 5.75 Å². The summed E-state index contributed by atoms with van der Waals surface area (Å²) in [5, 5.41) is 25.2. The second-order valence-corrected chi connectivity index (χ2v) is 7.89. The fraction of sp³-hybridized carbons (Fsp3) is 0.200. The molecule has 0 bridgehead atoms. The number of phenolic OH excluding ortho intramolecular Hbond substituents is 1. The van der Waals surface area contributed by atoms with E-state index in [9.17, 15) is 9.90 Å². The Balaban J connectivity index is 2.08. The Kier molecular flexibility index (Phi) is 10.1. The second-order valence-electron chi connectivity index (χ2n) is 7.03. The lowest BCUT2D eigenvalue weighted by molar-refractivity contribution is 0.0954. The van der Waals surface area contributed by atoms with Crippen LogP contribution >= 0.6 is 15.9 Å². The van der Waals surface area contributed by atoms with Crippen LogP contribution < -0.4 is 10.6 Å². The highest BCUT2D eigenvalue weighted by Gasteiger charge is 2.09. The van der Waals surface area contributed by atoms with E-state index in [-0.39, 0.29) is 11.7 Å². The van der Waals surface area contributed by atoms with Crippen LogP contribution in [-0.4, -0.2) is 43.1 Å². The summed E-state index contributed by atoms with van der Waals surface area (Å²) in [6, 6.07) is 15.5. The highest BCUT2D eigenvalue weighted by molar-refractivity contribution is 9.12. The third kappa shape index (κ3) is 8.05. The molecule has 0 aromatic heterocycles. The number of hydrogen-bond acceptors (Lipinski definition) is 6. The topological polar surface area (TPSA) is 110 Å². The van der Waals surface area contributed by atoms with Crippen LogP contribution in [0.2, 0.25) is 0 Å². The van der Waals surface area contributed by atoms with Crippen LogP contribution in [-0.2, 0) is 0 Å². The van der Waals surface area contributed by atoms with Gasteiger partial charge in [0, 0.05) is 43.2 Å². The van der Waals surface area contributed by atoms with E-state index < -0.39 is 0 Å². The number of para-hydroxylation sites is 1. The molecule has 0 aliphatic heterocycles. The second kappa shape index (κ2) is 13.0. The number of rotatable bonds is 9. The summed E-state index contributed by atoms with van der Waals surface area (Å²) in [5.74, 6) is -0.0781. The summed E-state index contributed by atoms with van der Waals surface area (Å²) in [7, 11) is 1.68. The first-order chi connectivity index (χ1) is 15.8. The summed E-state index contributed by atoms with van der Waals surface area (Å²) < 4.78 is 0.738. The van der Waals surface area contributed by atoms with E-state index >= 15 is 0 Å². The lowest BCUT2D eigenvalue weighted by Crippen LogP contribution is -2.31. The quantitative estimate of drug-likeness (QED) is 0.347. The zero-order valence-corrected chi connectivity index (χ0v) is 20.3. The van der Waals surface area contributed by atoms with Gasteiger partial charge in [-0.3, -0.25) is 14.8 Å². The van der Waals surface area contributed by atoms with E-state index in [2.05, 4.69) is 36.5 Å². The molecule has 1 amide bonds. The van der Waals surface area contributed by atoms with E-state index in [1.807, 2.05) is 32.1 Å². The van der Waals surface area contributed by atoms with Gasteiger partial charge < -0.3 is 15.7 Å². The Morgan fingerprint density at radius 1 is 1.12 bits per heavy atom. The summed E-state index contributed by atoms with van der Waals surface area (Å²) in [5.41, 5.74) is 3.71. The maximum absolute atomic E-state index is 12.2. The van der Waals surface area contributed by atoms with Crippen LogP contribution in [0, 0.1) is 11.3 Å². The zero-order valence-electron chi connectivity index (χ0n) is 18.8. The van der Waals surface area contributed by atoms with Crippen LogP contribution in [0.1, 0.15) is 35.3 Å². The first-order valence-corrected chi connectivity index (χ1v) is 11.0. The van der Waals surface area contributed by atoms with Gasteiger partial charge in [-0.05, 0) is 72.3 Å². The first-order valence-electron chi connectivity index (χ1n) is 10.2. The molecule has 170 valence electrons. The molecule has 0 atom stereocenters. The van der Waals surface area contributed by atoms with Gasteiger partial charge in [0.05, 0.1) is 27.5 Å². The standard InChI is InChI=1S/C25H26BrN5O2/c1-17(29-12-13-30-25(33)20-10-8-19(15-27)9-11-20)14-23(21-6-4-5-7-24(21)32)31-18(2)22(26)16-28-3/h4-11,14,16,29,32H,12-13H2,1-3H3,(H,30,33)/b17-14+,22-18-,28-16?,31-23+. The molecule has 0 saturated heterocycles. The molecule has 0 heterocycles. The number of carbonyl (C=O) groups excluding carboxylic acids is 1. The number of aromatic hydroxyl groups is 1. The fourth-order valence-corrected chi connectivity index (χ4v) is 3.08. The van der Waals surface area contributed by atoms with Crippen LogP contribution in [0.3, 0.4) is 0 Å². The molecule has 0 spiro atoms. The molecule has 2 aromatic carbocycles. The molecule has 0 saturated carbocycles. The fourth-order valence-electron chi connectivity index (χ4n) is 2.79. The van der Waals surface area contributed by atoms with Gasteiger partial charge in [0.2, 0.25) is 0 Å². The van der Waals surface area contributed by atoms with E-state index in [0.29, 0.717) is 41.2 Å². The average molecular weight is 508 g/mol. The van der Waals surface area contributed by atoms with Crippen LogP contribution in [0.4, 0.5) is 0 Å². The predicted octanol–water partition coefficient (Wildman–Crippen LogP) is 4.30. The lowest BCUT2D eigenvalue weighted by Gasteiger charge is -2.11. The van der Waals surface area contributed by atoms with Gasteiger partial charge in [-0.2, -0.15) is 5.26 Å². The smallest absolute Gasteiger partial charge is 0.251 e. The number of allylic oxidation sites excluding steroid dienone is 4. The van der Waals surface area contributed by atoms with Crippen molar-refractivity contribution in [3.05, 3.63) is 87.2 Å². The monoisotopic (exact) mass is 507 g/mol. The summed E-state index contributed by atoms with van der Waals surface area (Å²) in [6.45, 7) is 4.64. The molecule has 33 heavy (non-hydrogen) atoms. The number of aliphatic imine (C=N–C) groups is 2. The van der Waals surface area contributed by atoms with Gasteiger partial charge in [0.25, 0.3) is 5.91 Å². The number of nitrogens with one attached hydrogen (secondary N) is 2. The molecule has 2 aromatic rings. The maximum atomic E-state index is 12.2. The van der Waals surface area contributed by atoms with Crippen molar-refractivity contribution in [1.29, 1.82) is 5.26 Å². The number of carbonyl (C=O) groups is 1. The summed E-state index contributed by atoms with van der Waals surface area (Å²) in [6.07, 6.45) is 3.50. The molecule has 0 radical (unpaired) electrons. The third-order valence-corrected chi connectivity index (χ3v) is 5.28. The molecule has 8 heteroatoms. The van der Waals surface area contributed by atoms with Gasteiger partial charge in [-0.25, -0.2) is 0 Å². The zero-order chi connectivity index (χ0) is 24.2. The first kappa shape index (κ1) is 25.6. The molecule has 7 nitrogen and oxygen atoms in total. The maximum Gasteiger partial charge on any atom is 0.251 e. The Labute approximate surface area is 202 Å². The highest BCUT2D eigenvalue weighted by Crippen LogP contribution is 2.20. The number of nitriles is 1. The van der Waals surface area contributed by atoms with Crippen molar-refractivity contribution in [1.82, 2.24) is 10.6 Å². The Morgan fingerprint density at radius 2 is 1.79 bits per heavy atom. The Hall–Kier alpha value is -3.70. The minimum atomic E-state index is -0.206. The number of benzene rings is 2. The third-order valence-electron chi connectivity index (χ3n) is 4.50. The van der Waals surface area contributed by atoms with Crippen molar-refractivity contribution >= 4 is 33.8 Å². The largest absolute Gasteiger partial charge is 0.507 e. The van der Waals surface area contributed by atoms with Crippen molar-refractivity contribution in [2.24, 2.45) is 9.98 Å². The normalized spacial score (nSPS) is 12.8. The molecule has 2 rings (SSSR count). The van der Waals surface area contributed by atoms with Crippen LogP contribution in [0.5, 0.6) is 5.75 Å². The van der Waals surface area contributed by atoms with Crippen LogP contribution in [0.25, 0.3) is 0 Å². The van der Waals surface area contributed by atoms with Crippen molar-refractivity contribution < 1.29 is 9.90 Å².